The molecule has 12 heteroatoms. The van der Waals surface area contributed by atoms with E-state index in [-0.39, 0.29) is 23.9 Å². The smallest absolute Gasteiger partial charge is 0.257 e. The Morgan fingerprint density at radius 1 is 1.09 bits per heavy atom. The lowest BCUT2D eigenvalue weighted by molar-refractivity contribution is 0.0806. The summed E-state index contributed by atoms with van der Waals surface area (Å²) in [5.74, 6) is 0.617. The SMILES string of the molecule is CN1CCN(C)c2cccc(Nc3ncc(Cl)c(N[C@@H]4CCCC[C@H]4NS(C)(=O)=O)n3)c2C1=O. The molecule has 0 saturated heterocycles. The number of carbonyl (C=O) groups excluding carboxylic acids is 1. The predicted octanol–water partition coefficient (Wildman–Crippen LogP) is 2.67. The Morgan fingerprint density at radius 2 is 1.79 bits per heavy atom. The summed E-state index contributed by atoms with van der Waals surface area (Å²) >= 11 is 6.38. The number of carbonyl (C=O) groups is 1. The van der Waals surface area contributed by atoms with Gasteiger partial charge < -0.3 is 20.4 Å². The minimum absolute atomic E-state index is 0.0772. The molecule has 0 unspecified atom stereocenters. The Morgan fingerprint density at radius 3 is 2.53 bits per heavy atom. The van der Waals surface area contributed by atoms with Crippen molar-refractivity contribution in [1.82, 2.24) is 19.6 Å². The Labute approximate surface area is 205 Å². The molecule has 1 fully saturated rings. The monoisotopic (exact) mass is 507 g/mol. The van der Waals surface area contributed by atoms with Crippen LogP contribution in [0.3, 0.4) is 0 Å². The van der Waals surface area contributed by atoms with E-state index < -0.39 is 10.0 Å². The maximum absolute atomic E-state index is 13.1. The normalized spacial score (nSPS) is 21.1. The molecule has 2 aromatic rings. The lowest BCUT2D eigenvalue weighted by atomic mass is 9.91. The molecule has 184 valence electrons. The average molecular weight is 508 g/mol. The summed E-state index contributed by atoms with van der Waals surface area (Å²) in [6, 6.07) is 5.22. The van der Waals surface area contributed by atoms with E-state index in [1.54, 1.807) is 11.9 Å². The number of fused-ring (bicyclic) bond motifs is 1. The van der Waals surface area contributed by atoms with E-state index in [0.29, 0.717) is 28.6 Å². The predicted molar refractivity (Wildman–Crippen MR) is 135 cm³/mol. The summed E-state index contributed by atoms with van der Waals surface area (Å²) in [6.07, 6.45) is 6.10. The largest absolute Gasteiger partial charge is 0.372 e. The first-order chi connectivity index (χ1) is 16.1. The van der Waals surface area contributed by atoms with Gasteiger partial charge in [-0.05, 0) is 25.0 Å². The highest BCUT2D eigenvalue weighted by Gasteiger charge is 2.29. The van der Waals surface area contributed by atoms with Crippen molar-refractivity contribution < 1.29 is 13.2 Å². The van der Waals surface area contributed by atoms with Crippen molar-refractivity contribution >= 4 is 50.7 Å². The molecule has 2 atom stereocenters. The third-order valence-electron chi connectivity index (χ3n) is 6.23. The average Bonchev–Trinajstić information content (AvgIpc) is 2.89. The van der Waals surface area contributed by atoms with Crippen LogP contribution < -0.4 is 20.3 Å². The van der Waals surface area contributed by atoms with E-state index in [9.17, 15) is 13.2 Å². The van der Waals surface area contributed by atoms with E-state index in [0.717, 1.165) is 44.2 Å². The van der Waals surface area contributed by atoms with Gasteiger partial charge in [0, 0.05) is 39.3 Å². The molecule has 3 N–H and O–H groups in total. The Hall–Kier alpha value is -2.63. The molecule has 1 aromatic carbocycles. The molecule has 1 aliphatic carbocycles. The Bertz CT molecular complexity index is 1180. The van der Waals surface area contributed by atoms with Crippen molar-refractivity contribution in [3.8, 4) is 0 Å². The molecule has 1 saturated carbocycles. The highest BCUT2D eigenvalue weighted by Crippen LogP contribution is 2.32. The zero-order valence-electron chi connectivity index (χ0n) is 19.5. The molecule has 2 aliphatic rings. The molecule has 4 rings (SSSR count). The van der Waals surface area contributed by atoms with Gasteiger partial charge in [-0.25, -0.2) is 18.1 Å². The number of nitrogens with zero attached hydrogens (tertiary/aromatic N) is 4. The molecule has 34 heavy (non-hydrogen) atoms. The van der Waals surface area contributed by atoms with Gasteiger partial charge in [0.25, 0.3) is 5.91 Å². The van der Waals surface area contributed by atoms with Gasteiger partial charge >= 0.3 is 0 Å². The van der Waals surface area contributed by atoms with Crippen molar-refractivity contribution in [3.05, 3.63) is 35.0 Å². The number of hydrogen-bond acceptors (Lipinski definition) is 8. The molecule has 10 nitrogen and oxygen atoms in total. The number of sulfonamides is 1. The number of aromatic nitrogens is 2. The number of rotatable bonds is 6. The van der Waals surface area contributed by atoms with Gasteiger partial charge in [0.05, 0.1) is 29.4 Å². The van der Waals surface area contributed by atoms with Crippen molar-refractivity contribution in [2.45, 2.75) is 37.8 Å². The van der Waals surface area contributed by atoms with Crippen LogP contribution in [0.4, 0.5) is 23.1 Å². The first kappa shape index (κ1) is 24.5. The topological polar surface area (TPSA) is 120 Å². The highest BCUT2D eigenvalue weighted by molar-refractivity contribution is 7.88. The summed E-state index contributed by atoms with van der Waals surface area (Å²) in [7, 11) is 0.403. The van der Waals surface area contributed by atoms with Crippen LogP contribution in [-0.4, -0.2) is 74.7 Å². The molecular formula is C22H30ClN7O3S. The van der Waals surface area contributed by atoms with Crippen LogP contribution in [0.5, 0.6) is 0 Å². The number of anilines is 4. The first-order valence-electron chi connectivity index (χ1n) is 11.3. The van der Waals surface area contributed by atoms with Crippen molar-refractivity contribution in [1.29, 1.82) is 0 Å². The molecule has 2 heterocycles. The van der Waals surface area contributed by atoms with Gasteiger partial charge in [-0.3, -0.25) is 4.79 Å². The zero-order valence-corrected chi connectivity index (χ0v) is 21.1. The Balaban J connectivity index is 1.60. The van der Waals surface area contributed by atoms with E-state index in [4.69, 9.17) is 11.6 Å². The number of likely N-dealkylation sites (N-methyl/N-ethyl adjacent to an activating group) is 2. The molecule has 1 amide bonds. The summed E-state index contributed by atoms with van der Waals surface area (Å²) in [6.45, 7) is 1.35. The lowest BCUT2D eigenvalue weighted by Crippen LogP contribution is -2.48. The number of amides is 1. The second-order valence-corrected chi connectivity index (χ2v) is 11.1. The second kappa shape index (κ2) is 9.93. The van der Waals surface area contributed by atoms with Crippen LogP contribution in [0, 0.1) is 0 Å². The quantitative estimate of drug-likeness (QED) is 0.546. The molecular weight excluding hydrogens is 478 g/mol. The fraction of sp³-hybridized carbons (Fsp3) is 0.500. The summed E-state index contributed by atoms with van der Waals surface area (Å²) < 4.78 is 26.3. The van der Waals surface area contributed by atoms with Crippen LogP contribution in [0.2, 0.25) is 5.02 Å². The highest BCUT2D eigenvalue weighted by atomic mass is 35.5. The third kappa shape index (κ3) is 5.53. The summed E-state index contributed by atoms with van der Waals surface area (Å²) in [5.41, 5.74) is 2.00. The van der Waals surface area contributed by atoms with Gasteiger partial charge in [-0.2, -0.15) is 4.98 Å². The standard InChI is InChI=1S/C22H30ClN7O3S/c1-29-11-12-30(2)21(31)19-17(9-6-10-18(19)29)26-22-24-13-14(23)20(27-22)25-15-7-4-5-8-16(15)28-34(3,32)33/h6,9-10,13,15-16,28H,4-5,7-8,11-12H2,1-3H3,(H2,24,25,26,27)/t15-,16-/m1/s1. The molecule has 1 aliphatic heterocycles. The van der Waals surface area contributed by atoms with Gasteiger partial charge in [0.15, 0.2) is 5.82 Å². The van der Waals surface area contributed by atoms with Crippen LogP contribution in [-0.2, 0) is 10.0 Å². The maximum Gasteiger partial charge on any atom is 0.257 e. The van der Waals surface area contributed by atoms with E-state index in [1.165, 1.54) is 6.20 Å². The fourth-order valence-electron chi connectivity index (χ4n) is 4.44. The zero-order chi connectivity index (χ0) is 24.5. The molecule has 0 radical (unpaired) electrons. The summed E-state index contributed by atoms with van der Waals surface area (Å²) in [4.78, 5) is 25.6. The number of hydrogen-bond donors (Lipinski definition) is 3. The van der Waals surface area contributed by atoms with Gasteiger partial charge in [-0.1, -0.05) is 30.5 Å². The van der Waals surface area contributed by atoms with Crippen molar-refractivity contribution in [2.24, 2.45) is 0 Å². The minimum atomic E-state index is -3.34. The van der Waals surface area contributed by atoms with Crippen LogP contribution >= 0.6 is 11.6 Å². The van der Waals surface area contributed by atoms with Gasteiger partial charge in [-0.15, -0.1) is 0 Å². The van der Waals surface area contributed by atoms with Crippen LogP contribution in [0.1, 0.15) is 36.0 Å². The maximum atomic E-state index is 13.1. The number of halogens is 1. The number of nitrogens with one attached hydrogen (secondary N) is 3. The second-order valence-electron chi connectivity index (χ2n) is 8.89. The fourth-order valence-corrected chi connectivity index (χ4v) is 5.42. The van der Waals surface area contributed by atoms with Crippen LogP contribution in [0.25, 0.3) is 0 Å². The molecule has 0 spiro atoms. The van der Waals surface area contributed by atoms with Crippen molar-refractivity contribution in [2.75, 3.05) is 49.0 Å². The minimum Gasteiger partial charge on any atom is -0.372 e. The van der Waals surface area contributed by atoms with Crippen LogP contribution in [0.15, 0.2) is 24.4 Å². The van der Waals surface area contributed by atoms with Gasteiger partial charge in [0.2, 0.25) is 16.0 Å². The first-order valence-corrected chi connectivity index (χ1v) is 13.5. The molecule has 0 bridgehead atoms. The lowest BCUT2D eigenvalue weighted by Gasteiger charge is -2.32. The van der Waals surface area contributed by atoms with E-state index in [1.807, 2.05) is 25.2 Å². The van der Waals surface area contributed by atoms with Crippen molar-refractivity contribution in [3.63, 3.8) is 0 Å². The van der Waals surface area contributed by atoms with E-state index in [2.05, 4.69) is 30.2 Å². The summed E-state index contributed by atoms with van der Waals surface area (Å²) in [5, 5.41) is 6.82. The van der Waals surface area contributed by atoms with E-state index >= 15 is 0 Å². The molecule has 1 aromatic heterocycles. The Kier molecular flexibility index (Phi) is 7.15. The third-order valence-corrected chi connectivity index (χ3v) is 7.24. The van der Waals surface area contributed by atoms with Gasteiger partial charge in [0.1, 0.15) is 5.02 Å². The number of benzene rings is 1.